The van der Waals surface area contributed by atoms with Crippen LogP contribution >= 0.6 is 23.4 Å². The van der Waals surface area contributed by atoms with Crippen molar-refractivity contribution in [1.29, 1.82) is 0 Å². The Balaban J connectivity index is 1.52. The van der Waals surface area contributed by atoms with Gasteiger partial charge in [-0.3, -0.25) is 9.36 Å². The van der Waals surface area contributed by atoms with E-state index in [2.05, 4.69) is 15.5 Å². The summed E-state index contributed by atoms with van der Waals surface area (Å²) in [6, 6.07) is 16.6. The Hall–Kier alpha value is -3.43. The molecular formula is C24H23ClN4O4S. The molecule has 4 aromatic rings. The molecule has 4 rings (SSSR count). The average molecular weight is 499 g/mol. The van der Waals surface area contributed by atoms with E-state index in [0.717, 1.165) is 5.56 Å². The van der Waals surface area contributed by atoms with Crippen molar-refractivity contribution in [3.8, 4) is 28.8 Å². The van der Waals surface area contributed by atoms with E-state index in [1.54, 1.807) is 49.3 Å². The van der Waals surface area contributed by atoms with Gasteiger partial charge >= 0.3 is 0 Å². The number of thioether (sulfide) groups is 1. The highest BCUT2D eigenvalue weighted by Crippen LogP contribution is 2.34. The fourth-order valence-corrected chi connectivity index (χ4v) is 4.32. The summed E-state index contributed by atoms with van der Waals surface area (Å²) >= 11 is 7.29. The third-order valence-corrected chi connectivity index (χ3v) is 6.12. The number of hydrogen-bond acceptors (Lipinski definition) is 7. The number of benzene rings is 2. The summed E-state index contributed by atoms with van der Waals surface area (Å²) in [5.74, 6) is 2.32. The van der Waals surface area contributed by atoms with Gasteiger partial charge in [0.15, 0.2) is 10.9 Å². The summed E-state index contributed by atoms with van der Waals surface area (Å²) in [6.07, 6.45) is 2.26. The first kappa shape index (κ1) is 23.7. The molecular weight excluding hydrogens is 476 g/mol. The van der Waals surface area contributed by atoms with Crippen LogP contribution in [0.25, 0.3) is 17.3 Å². The third-order valence-electron chi connectivity index (χ3n) is 4.96. The Morgan fingerprint density at radius 2 is 2.00 bits per heavy atom. The van der Waals surface area contributed by atoms with Gasteiger partial charge in [-0.2, -0.15) is 0 Å². The molecule has 0 saturated heterocycles. The molecule has 0 aliphatic rings. The number of aromatic nitrogens is 3. The van der Waals surface area contributed by atoms with Gasteiger partial charge in [0.1, 0.15) is 11.5 Å². The van der Waals surface area contributed by atoms with E-state index in [1.165, 1.54) is 11.8 Å². The van der Waals surface area contributed by atoms with Crippen LogP contribution in [-0.4, -0.2) is 47.2 Å². The Morgan fingerprint density at radius 1 is 1.12 bits per heavy atom. The molecule has 8 nitrogen and oxygen atoms in total. The van der Waals surface area contributed by atoms with Gasteiger partial charge in [-0.05, 0) is 48.4 Å². The smallest absolute Gasteiger partial charge is 0.230 e. The second kappa shape index (κ2) is 11.1. The Bertz CT molecular complexity index is 1260. The minimum Gasteiger partial charge on any atom is -0.497 e. The number of ether oxygens (including phenoxy) is 2. The second-order valence-electron chi connectivity index (χ2n) is 7.18. The molecule has 0 saturated carbocycles. The van der Waals surface area contributed by atoms with Crippen molar-refractivity contribution in [2.75, 3.05) is 26.5 Å². The topological polar surface area (TPSA) is 91.4 Å². The van der Waals surface area contributed by atoms with Crippen LogP contribution in [0, 0.1) is 0 Å². The number of hydrogen-bond donors (Lipinski definition) is 1. The van der Waals surface area contributed by atoms with E-state index in [0.29, 0.717) is 51.9 Å². The lowest BCUT2D eigenvalue weighted by molar-refractivity contribution is -0.118. The van der Waals surface area contributed by atoms with E-state index in [4.69, 9.17) is 25.5 Å². The average Bonchev–Trinajstić information content (AvgIpc) is 3.52. The van der Waals surface area contributed by atoms with Crippen LogP contribution in [-0.2, 0) is 11.2 Å². The first-order valence-electron chi connectivity index (χ1n) is 10.4. The number of methoxy groups -OCH3 is 2. The molecule has 2 heterocycles. The van der Waals surface area contributed by atoms with E-state index in [9.17, 15) is 4.79 Å². The molecule has 1 amide bonds. The van der Waals surface area contributed by atoms with Crippen molar-refractivity contribution in [3.63, 3.8) is 0 Å². The lowest BCUT2D eigenvalue weighted by Gasteiger charge is -2.14. The molecule has 0 aliphatic carbocycles. The monoisotopic (exact) mass is 498 g/mol. The van der Waals surface area contributed by atoms with Crippen molar-refractivity contribution in [2.45, 2.75) is 11.6 Å². The summed E-state index contributed by atoms with van der Waals surface area (Å²) in [4.78, 5) is 12.5. The number of nitrogens with zero attached hydrogens (tertiary/aromatic N) is 3. The van der Waals surface area contributed by atoms with Gasteiger partial charge < -0.3 is 19.2 Å². The highest BCUT2D eigenvalue weighted by Gasteiger charge is 2.22. The maximum atomic E-state index is 12.5. The highest BCUT2D eigenvalue weighted by molar-refractivity contribution is 7.99. The van der Waals surface area contributed by atoms with Gasteiger partial charge in [-0.25, -0.2) is 0 Å². The molecule has 2 aromatic heterocycles. The Labute approximate surface area is 206 Å². The Kier molecular flexibility index (Phi) is 7.76. The second-order valence-corrected chi connectivity index (χ2v) is 8.55. The highest BCUT2D eigenvalue weighted by atomic mass is 35.5. The molecule has 176 valence electrons. The number of furan rings is 1. The zero-order valence-corrected chi connectivity index (χ0v) is 20.2. The number of rotatable bonds is 10. The van der Waals surface area contributed by atoms with E-state index >= 15 is 0 Å². The predicted molar refractivity (Wildman–Crippen MR) is 131 cm³/mol. The minimum absolute atomic E-state index is 0.112. The van der Waals surface area contributed by atoms with Crippen molar-refractivity contribution < 1.29 is 18.7 Å². The molecule has 0 spiro atoms. The van der Waals surface area contributed by atoms with Crippen LogP contribution in [0.3, 0.4) is 0 Å². The maximum absolute atomic E-state index is 12.5. The zero-order valence-electron chi connectivity index (χ0n) is 18.7. The van der Waals surface area contributed by atoms with E-state index < -0.39 is 0 Å². The van der Waals surface area contributed by atoms with Gasteiger partial charge in [0.2, 0.25) is 11.7 Å². The lowest BCUT2D eigenvalue weighted by Crippen LogP contribution is -2.27. The van der Waals surface area contributed by atoms with Gasteiger partial charge in [-0.1, -0.05) is 35.5 Å². The molecule has 0 radical (unpaired) electrons. The number of carbonyl (C=O) groups excluding carboxylic acids is 1. The van der Waals surface area contributed by atoms with Crippen molar-refractivity contribution in [1.82, 2.24) is 20.1 Å². The zero-order chi connectivity index (χ0) is 23.9. The minimum atomic E-state index is -0.112. The van der Waals surface area contributed by atoms with E-state index in [1.807, 2.05) is 30.3 Å². The van der Waals surface area contributed by atoms with Gasteiger partial charge in [0.05, 0.1) is 31.9 Å². The number of amides is 1. The molecule has 2 aromatic carbocycles. The number of halogens is 1. The Morgan fingerprint density at radius 3 is 2.74 bits per heavy atom. The maximum Gasteiger partial charge on any atom is 0.230 e. The van der Waals surface area contributed by atoms with Crippen molar-refractivity contribution in [2.24, 2.45) is 0 Å². The fourth-order valence-electron chi connectivity index (χ4n) is 3.34. The SMILES string of the molecule is COc1ccc(OC)c(-n2c(SCC(=O)NCCc3cccc(Cl)c3)nnc2-c2ccco2)c1. The molecule has 0 fully saturated rings. The number of nitrogens with one attached hydrogen (secondary N) is 1. The molecule has 10 heteroatoms. The van der Waals surface area contributed by atoms with E-state index in [-0.39, 0.29) is 11.7 Å². The van der Waals surface area contributed by atoms with Gasteiger partial charge in [0, 0.05) is 17.6 Å². The summed E-state index contributed by atoms with van der Waals surface area (Å²) < 4.78 is 18.3. The number of carbonyl (C=O) groups is 1. The van der Waals surface area contributed by atoms with Crippen LogP contribution < -0.4 is 14.8 Å². The van der Waals surface area contributed by atoms with Crippen molar-refractivity contribution in [3.05, 3.63) is 71.4 Å². The van der Waals surface area contributed by atoms with Gasteiger partial charge in [0.25, 0.3) is 0 Å². The lowest BCUT2D eigenvalue weighted by atomic mass is 10.1. The van der Waals surface area contributed by atoms with Crippen LogP contribution in [0.5, 0.6) is 11.5 Å². The van der Waals surface area contributed by atoms with Crippen LogP contribution in [0.2, 0.25) is 5.02 Å². The molecule has 0 atom stereocenters. The van der Waals surface area contributed by atoms with Crippen LogP contribution in [0.4, 0.5) is 0 Å². The van der Waals surface area contributed by atoms with Crippen molar-refractivity contribution >= 4 is 29.3 Å². The molecule has 34 heavy (non-hydrogen) atoms. The van der Waals surface area contributed by atoms with Crippen LogP contribution in [0.15, 0.2) is 70.4 Å². The molecule has 0 bridgehead atoms. The quantitative estimate of drug-likeness (QED) is 0.318. The normalized spacial score (nSPS) is 10.8. The fraction of sp³-hybridized carbons (Fsp3) is 0.208. The first-order chi connectivity index (χ1) is 16.6. The summed E-state index contributed by atoms with van der Waals surface area (Å²) in [6.45, 7) is 0.508. The summed E-state index contributed by atoms with van der Waals surface area (Å²) in [7, 11) is 3.18. The third kappa shape index (κ3) is 5.55. The summed E-state index contributed by atoms with van der Waals surface area (Å²) in [5, 5.41) is 12.8. The molecule has 1 N–H and O–H groups in total. The summed E-state index contributed by atoms with van der Waals surface area (Å²) in [5.41, 5.74) is 1.73. The molecule has 0 unspecified atom stereocenters. The largest absolute Gasteiger partial charge is 0.497 e. The predicted octanol–water partition coefficient (Wildman–Crippen LogP) is 4.65. The van der Waals surface area contributed by atoms with Gasteiger partial charge in [-0.15, -0.1) is 10.2 Å². The standard InChI is InChI=1S/C24H23ClN4O4S/c1-31-18-8-9-20(32-2)19(14-18)29-23(21-7-4-12-33-21)27-28-24(29)34-15-22(30)26-11-10-16-5-3-6-17(25)13-16/h3-9,12-14H,10-11,15H2,1-2H3,(H,26,30). The molecule has 0 aliphatic heterocycles. The van der Waals surface area contributed by atoms with Crippen LogP contribution in [0.1, 0.15) is 5.56 Å². The first-order valence-corrected chi connectivity index (χ1v) is 11.8.